The van der Waals surface area contributed by atoms with E-state index in [9.17, 15) is 13.6 Å². The minimum atomic E-state index is -0.698. The molecule has 1 aromatic heterocycles. The number of hydrogen-bond acceptors (Lipinski definition) is 2. The Morgan fingerprint density at radius 2 is 1.88 bits per heavy atom. The summed E-state index contributed by atoms with van der Waals surface area (Å²) in [6.07, 6.45) is 0. The van der Waals surface area contributed by atoms with Crippen molar-refractivity contribution >= 4 is 17.5 Å². The molecule has 6 heteroatoms. The Labute approximate surface area is 148 Å². The van der Waals surface area contributed by atoms with E-state index in [4.69, 9.17) is 16.0 Å². The van der Waals surface area contributed by atoms with Gasteiger partial charge < -0.3 is 9.32 Å². The Balaban J connectivity index is 1.78. The standard InChI is InChI=1S/C19H14ClF2NO2/c1-23(11-12-6-7-13(21)10-16(12)22)19(24)18-9-8-17(25-18)14-4-2-3-5-15(14)20/h2-10H,11H2,1H3. The molecule has 0 saturated heterocycles. The number of furan rings is 1. The third kappa shape index (κ3) is 3.72. The van der Waals surface area contributed by atoms with Crippen LogP contribution in [0.15, 0.2) is 59.0 Å². The summed E-state index contributed by atoms with van der Waals surface area (Å²) >= 11 is 6.12. The van der Waals surface area contributed by atoms with Crippen molar-refractivity contribution in [1.82, 2.24) is 4.90 Å². The van der Waals surface area contributed by atoms with Crippen molar-refractivity contribution in [1.29, 1.82) is 0 Å². The van der Waals surface area contributed by atoms with Crippen LogP contribution in [0.3, 0.4) is 0 Å². The molecule has 1 heterocycles. The van der Waals surface area contributed by atoms with Crippen molar-refractivity contribution in [3.63, 3.8) is 0 Å². The van der Waals surface area contributed by atoms with Crippen molar-refractivity contribution < 1.29 is 18.0 Å². The number of benzene rings is 2. The Kier molecular flexibility index (Phi) is 4.86. The Morgan fingerprint density at radius 1 is 1.12 bits per heavy atom. The van der Waals surface area contributed by atoms with Crippen LogP contribution >= 0.6 is 11.6 Å². The second-order valence-electron chi connectivity index (χ2n) is 5.54. The first kappa shape index (κ1) is 17.2. The first-order chi connectivity index (χ1) is 12.0. The summed E-state index contributed by atoms with van der Waals surface area (Å²) in [7, 11) is 1.52. The van der Waals surface area contributed by atoms with Gasteiger partial charge in [-0.2, -0.15) is 0 Å². The zero-order chi connectivity index (χ0) is 18.0. The molecule has 0 fully saturated rings. The highest BCUT2D eigenvalue weighted by Gasteiger charge is 2.19. The predicted octanol–water partition coefficient (Wildman–Crippen LogP) is 5.15. The molecule has 0 N–H and O–H groups in total. The fourth-order valence-corrected chi connectivity index (χ4v) is 2.65. The molecule has 128 valence electrons. The zero-order valence-corrected chi connectivity index (χ0v) is 14.1. The average molecular weight is 362 g/mol. The number of carbonyl (C=O) groups is 1. The molecule has 0 spiro atoms. The van der Waals surface area contributed by atoms with Gasteiger partial charge in [0.1, 0.15) is 17.4 Å². The summed E-state index contributed by atoms with van der Waals surface area (Å²) in [6, 6.07) is 13.6. The maximum Gasteiger partial charge on any atom is 0.289 e. The molecule has 25 heavy (non-hydrogen) atoms. The van der Waals surface area contributed by atoms with Gasteiger partial charge in [-0.05, 0) is 30.3 Å². The Hall–Kier alpha value is -2.66. The molecular weight excluding hydrogens is 348 g/mol. The predicted molar refractivity (Wildman–Crippen MR) is 91.3 cm³/mol. The molecule has 3 nitrogen and oxygen atoms in total. The van der Waals surface area contributed by atoms with Crippen molar-refractivity contribution in [2.24, 2.45) is 0 Å². The van der Waals surface area contributed by atoms with E-state index in [1.165, 1.54) is 18.0 Å². The molecule has 3 rings (SSSR count). The van der Waals surface area contributed by atoms with Crippen molar-refractivity contribution in [2.45, 2.75) is 6.54 Å². The van der Waals surface area contributed by atoms with Crippen LogP contribution in [0, 0.1) is 11.6 Å². The molecule has 0 saturated carbocycles. The summed E-state index contributed by atoms with van der Waals surface area (Å²) in [5.41, 5.74) is 0.894. The van der Waals surface area contributed by atoms with Gasteiger partial charge in [-0.1, -0.05) is 29.8 Å². The summed E-state index contributed by atoms with van der Waals surface area (Å²) < 4.78 is 32.3. The fraction of sp³-hybridized carbons (Fsp3) is 0.105. The molecule has 0 radical (unpaired) electrons. The molecule has 0 atom stereocenters. The average Bonchev–Trinajstić information content (AvgIpc) is 3.06. The van der Waals surface area contributed by atoms with Gasteiger partial charge in [-0.3, -0.25) is 4.79 Å². The lowest BCUT2D eigenvalue weighted by atomic mass is 10.2. The van der Waals surface area contributed by atoms with Gasteiger partial charge >= 0.3 is 0 Å². The Bertz CT molecular complexity index is 923. The zero-order valence-electron chi connectivity index (χ0n) is 13.3. The lowest BCUT2D eigenvalue weighted by molar-refractivity contribution is 0.0753. The largest absolute Gasteiger partial charge is 0.451 e. The monoisotopic (exact) mass is 361 g/mol. The van der Waals surface area contributed by atoms with E-state index in [1.807, 2.05) is 6.07 Å². The van der Waals surface area contributed by atoms with E-state index < -0.39 is 17.5 Å². The van der Waals surface area contributed by atoms with E-state index in [0.717, 1.165) is 12.1 Å². The highest BCUT2D eigenvalue weighted by Crippen LogP contribution is 2.29. The van der Waals surface area contributed by atoms with Gasteiger partial charge in [-0.25, -0.2) is 8.78 Å². The summed E-state index contributed by atoms with van der Waals surface area (Å²) in [5.74, 6) is -1.20. The van der Waals surface area contributed by atoms with E-state index >= 15 is 0 Å². The Morgan fingerprint density at radius 3 is 2.60 bits per heavy atom. The normalized spacial score (nSPS) is 10.7. The summed E-state index contributed by atoms with van der Waals surface area (Å²) in [6.45, 7) is -0.00687. The van der Waals surface area contributed by atoms with Crippen LogP contribution < -0.4 is 0 Å². The van der Waals surface area contributed by atoms with Gasteiger partial charge in [0.2, 0.25) is 0 Å². The molecule has 0 aliphatic carbocycles. The number of hydrogen-bond donors (Lipinski definition) is 0. The molecule has 3 aromatic rings. The van der Waals surface area contributed by atoms with Crippen LogP contribution in [0.25, 0.3) is 11.3 Å². The van der Waals surface area contributed by atoms with E-state index in [-0.39, 0.29) is 17.9 Å². The molecule has 0 aliphatic rings. The summed E-state index contributed by atoms with van der Waals surface area (Å²) in [4.78, 5) is 13.8. The lowest BCUT2D eigenvalue weighted by Crippen LogP contribution is -2.26. The highest BCUT2D eigenvalue weighted by molar-refractivity contribution is 6.33. The third-order valence-electron chi connectivity index (χ3n) is 3.73. The number of carbonyl (C=O) groups excluding carboxylic acids is 1. The van der Waals surface area contributed by atoms with Crippen molar-refractivity contribution in [2.75, 3.05) is 7.05 Å². The van der Waals surface area contributed by atoms with Crippen LogP contribution in [0.5, 0.6) is 0 Å². The van der Waals surface area contributed by atoms with E-state index in [1.54, 1.807) is 30.3 Å². The molecule has 0 aliphatic heterocycles. The van der Waals surface area contributed by atoms with Crippen molar-refractivity contribution in [3.8, 4) is 11.3 Å². The van der Waals surface area contributed by atoms with E-state index in [0.29, 0.717) is 16.3 Å². The van der Waals surface area contributed by atoms with Gasteiger partial charge in [0.15, 0.2) is 5.76 Å². The van der Waals surface area contributed by atoms with Crippen LogP contribution in [-0.4, -0.2) is 17.9 Å². The smallest absolute Gasteiger partial charge is 0.289 e. The minimum Gasteiger partial charge on any atom is -0.451 e. The molecule has 1 amide bonds. The molecule has 0 bridgehead atoms. The third-order valence-corrected chi connectivity index (χ3v) is 4.06. The molecular formula is C19H14ClF2NO2. The topological polar surface area (TPSA) is 33.5 Å². The quantitative estimate of drug-likeness (QED) is 0.644. The molecule has 2 aromatic carbocycles. The second kappa shape index (κ2) is 7.07. The van der Waals surface area contributed by atoms with Gasteiger partial charge in [-0.15, -0.1) is 0 Å². The maximum atomic E-state index is 13.7. The van der Waals surface area contributed by atoms with Crippen LogP contribution in [-0.2, 0) is 6.54 Å². The minimum absolute atomic E-state index is 0.00687. The number of rotatable bonds is 4. The SMILES string of the molecule is CN(Cc1ccc(F)cc1F)C(=O)c1ccc(-c2ccccc2Cl)o1. The fourth-order valence-electron chi connectivity index (χ4n) is 2.42. The van der Waals surface area contributed by atoms with Gasteiger partial charge in [0.05, 0.1) is 5.02 Å². The lowest BCUT2D eigenvalue weighted by Gasteiger charge is -2.16. The first-order valence-electron chi connectivity index (χ1n) is 7.50. The molecule has 0 unspecified atom stereocenters. The number of halogens is 3. The second-order valence-corrected chi connectivity index (χ2v) is 5.95. The van der Waals surface area contributed by atoms with Crippen LogP contribution in [0.2, 0.25) is 5.02 Å². The van der Waals surface area contributed by atoms with Crippen LogP contribution in [0.4, 0.5) is 8.78 Å². The maximum absolute atomic E-state index is 13.7. The van der Waals surface area contributed by atoms with Gasteiger partial charge in [0, 0.05) is 30.8 Å². The van der Waals surface area contributed by atoms with Crippen LogP contribution in [0.1, 0.15) is 16.1 Å². The van der Waals surface area contributed by atoms with E-state index in [2.05, 4.69) is 0 Å². The number of amides is 1. The highest BCUT2D eigenvalue weighted by atomic mass is 35.5. The summed E-state index contributed by atoms with van der Waals surface area (Å²) in [5, 5.41) is 0.512. The first-order valence-corrected chi connectivity index (χ1v) is 7.87. The van der Waals surface area contributed by atoms with Crippen molar-refractivity contribution in [3.05, 3.63) is 82.6 Å². The number of nitrogens with zero attached hydrogens (tertiary/aromatic N) is 1. The van der Waals surface area contributed by atoms with Gasteiger partial charge in [0.25, 0.3) is 5.91 Å².